The van der Waals surface area contributed by atoms with Crippen molar-refractivity contribution in [2.24, 2.45) is 10.7 Å². The first kappa shape index (κ1) is 9.00. The first-order valence-electron chi connectivity index (χ1n) is 3.35. The summed E-state index contributed by atoms with van der Waals surface area (Å²) in [6.45, 7) is 1.62. The predicted octanol–water partition coefficient (Wildman–Crippen LogP) is 2.49. The van der Waals surface area contributed by atoms with Gasteiger partial charge in [-0.25, -0.2) is 9.38 Å². The van der Waals surface area contributed by atoms with Gasteiger partial charge in [0.15, 0.2) is 0 Å². The fourth-order valence-corrected chi connectivity index (χ4v) is 1.02. The molecule has 0 saturated heterocycles. The van der Waals surface area contributed by atoms with Crippen LogP contribution >= 0.6 is 11.6 Å². The molecule has 2 N–H and O–H groups in total. The molecule has 0 saturated carbocycles. The normalized spacial score (nSPS) is 11.8. The third-order valence-electron chi connectivity index (χ3n) is 1.15. The second kappa shape index (κ2) is 3.54. The molecule has 0 heterocycles. The maximum atomic E-state index is 12.7. The molecule has 0 spiro atoms. The second-order valence-corrected chi connectivity index (χ2v) is 2.82. The lowest BCUT2D eigenvalue weighted by molar-refractivity contribution is 0.628. The maximum Gasteiger partial charge on any atom is 0.126 e. The van der Waals surface area contributed by atoms with Crippen molar-refractivity contribution in [3.05, 3.63) is 29.0 Å². The first-order valence-corrected chi connectivity index (χ1v) is 3.72. The standard InChI is InChI=1S/C8H8ClFN2/c1-5(11)12-8-3-6(9)2-7(10)4-8/h2-4H,1H3,(H2,11,12). The highest BCUT2D eigenvalue weighted by Crippen LogP contribution is 2.20. The van der Waals surface area contributed by atoms with Crippen LogP contribution in [0.25, 0.3) is 0 Å². The molecule has 0 aromatic heterocycles. The highest BCUT2D eigenvalue weighted by Gasteiger charge is 1.97. The number of nitrogens with zero attached hydrogens (tertiary/aromatic N) is 1. The van der Waals surface area contributed by atoms with Crippen molar-refractivity contribution in [3.8, 4) is 0 Å². The Bertz CT molecular complexity index is 299. The summed E-state index contributed by atoms with van der Waals surface area (Å²) < 4.78 is 12.7. The van der Waals surface area contributed by atoms with Crippen LogP contribution in [0.4, 0.5) is 10.1 Å². The van der Waals surface area contributed by atoms with E-state index < -0.39 is 5.82 Å². The molecule has 12 heavy (non-hydrogen) atoms. The summed E-state index contributed by atoms with van der Waals surface area (Å²) in [5.74, 6) is -0.0424. The Balaban J connectivity index is 3.09. The van der Waals surface area contributed by atoms with Gasteiger partial charge in [0.25, 0.3) is 0 Å². The Hall–Kier alpha value is -1.09. The monoisotopic (exact) mass is 186 g/mol. The van der Waals surface area contributed by atoms with E-state index in [1.807, 2.05) is 0 Å². The summed E-state index contributed by atoms with van der Waals surface area (Å²) in [6, 6.07) is 4.02. The Morgan fingerprint density at radius 2 is 2.17 bits per heavy atom. The van der Waals surface area contributed by atoms with E-state index in [2.05, 4.69) is 4.99 Å². The van der Waals surface area contributed by atoms with Crippen molar-refractivity contribution in [3.63, 3.8) is 0 Å². The predicted molar refractivity (Wildman–Crippen MR) is 48.4 cm³/mol. The van der Waals surface area contributed by atoms with Crippen LogP contribution in [0.5, 0.6) is 0 Å². The molecule has 0 atom stereocenters. The van der Waals surface area contributed by atoms with Gasteiger partial charge in [0, 0.05) is 5.02 Å². The number of amidine groups is 1. The van der Waals surface area contributed by atoms with E-state index in [9.17, 15) is 4.39 Å². The van der Waals surface area contributed by atoms with Crippen LogP contribution in [0.2, 0.25) is 5.02 Å². The molecule has 0 unspecified atom stereocenters. The fourth-order valence-electron chi connectivity index (χ4n) is 0.807. The summed E-state index contributed by atoms with van der Waals surface area (Å²) in [7, 11) is 0. The Morgan fingerprint density at radius 1 is 1.50 bits per heavy atom. The van der Waals surface area contributed by atoms with Crippen molar-refractivity contribution in [2.45, 2.75) is 6.92 Å². The van der Waals surface area contributed by atoms with E-state index in [1.165, 1.54) is 12.1 Å². The number of nitrogens with two attached hydrogens (primary N) is 1. The molecular weight excluding hydrogens is 179 g/mol. The van der Waals surface area contributed by atoms with Crippen molar-refractivity contribution in [1.82, 2.24) is 0 Å². The lowest BCUT2D eigenvalue weighted by atomic mass is 10.3. The lowest BCUT2D eigenvalue weighted by Crippen LogP contribution is -2.03. The topological polar surface area (TPSA) is 38.4 Å². The van der Waals surface area contributed by atoms with Gasteiger partial charge in [0.05, 0.1) is 11.5 Å². The summed E-state index contributed by atoms with van der Waals surface area (Å²) in [5.41, 5.74) is 5.74. The molecule has 0 aliphatic carbocycles. The van der Waals surface area contributed by atoms with Crippen LogP contribution < -0.4 is 5.73 Å². The second-order valence-electron chi connectivity index (χ2n) is 2.38. The van der Waals surface area contributed by atoms with Crippen LogP contribution in [-0.2, 0) is 0 Å². The number of benzene rings is 1. The number of aliphatic imine (C=N–C) groups is 1. The minimum Gasteiger partial charge on any atom is -0.387 e. The summed E-state index contributed by atoms with van der Waals surface area (Å²) in [6.07, 6.45) is 0. The average molecular weight is 187 g/mol. The summed E-state index contributed by atoms with van der Waals surface area (Å²) in [5, 5.41) is 0.315. The number of rotatable bonds is 1. The van der Waals surface area contributed by atoms with Crippen LogP contribution in [0.1, 0.15) is 6.92 Å². The van der Waals surface area contributed by atoms with E-state index in [1.54, 1.807) is 13.0 Å². The molecule has 1 aromatic rings. The SMILES string of the molecule is CC(N)=Nc1cc(F)cc(Cl)c1. The number of hydrogen-bond acceptors (Lipinski definition) is 1. The lowest BCUT2D eigenvalue weighted by Gasteiger charge is -1.96. The van der Waals surface area contributed by atoms with E-state index in [4.69, 9.17) is 17.3 Å². The van der Waals surface area contributed by atoms with Gasteiger partial charge >= 0.3 is 0 Å². The maximum absolute atomic E-state index is 12.7. The minimum absolute atomic E-state index is 0.315. The van der Waals surface area contributed by atoms with Crippen molar-refractivity contribution < 1.29 is 4.39 Å². The molecule has 0 fully saturated rings. The van der Waals surface area contributed by atoms with Gasteiger partial charge in [0.1, 0.15) is 5.82 Å². The van der Waals surface area contributed by atoms with Gasteiger partial charge in [-0.3, -0.25) is 0 Å². The van der Waals surface area contributed by atoms with Gasteiger partial charge in [-0.15, -0.1) is 0 Å². The number of halogens is 2. The molecule has 0 amide bonds. The smallest absolute Gasteiger partial charge is 0.126 e. The van der Waals surface area contributed by atoms with E-state index >= 15 is 0 Å². The highest BCUT2D eigenvalue weighted by atomic mass is 35.5. The van der Waals surface area contributed by atoms with Gasteiger partial charge < -0.3 is 5.73 Å². The van der Waals surface area contributed by atoms with Crippen LogP contribution in [0, 0.1) is 5.82 Å². The third-order valence-corrected chi connectivity index (χ3v) is 1.37. The van der Waals surface area contributed by atoms with E-state index in [0.717, 1.165) is 0 Å². The van der Waals surface area contributed by atoms with Gasteiger partial charge in [-0.1, -0.05) is 11.6 Å². The molecule has 1 aromatic carbocycles. The van der Waals surface area contributed by atoms with Gasteiger partial charge in [0.2, 0.25) is 0 Å². The third kappa shape index (κ3) is 2.51. The zero-order chi connectivity index (χ0) is 9.14. The molecule has 0 aliphatic rings. The Morgan fingerprint density at radius 3 is 2.67 bits per heavy atom. The van der Waals surface area contributed by atoms with Crippen LogP contribution in [-0.4, -0.2) is 5.84 Å². The van der Waals surface area contributed by atoms with Crippen LogP contribution in [0.3, 0.4) is 0 Å². The zero-order valence-electron chi connectivity index (χ0n) is 6.51. The quantitative estimate of drug-likeness (QED) is 0.531. The molecule has 1 rings (SSSR count). The fraction of sp³-hybridized carbons (Fsp3) is 0.125. The first-order chi connectivity index (χ1) is 5.58. The molecule has 0 bridgehead atoms. The molecule has 64 valence electrons. The van der Waals surface area contributed by atoms with Crippen molar-refractivity contribution >= 4 is 23.1 Å². The molecular formula is C8H8ClFN2. The number of hydrogen-bond donors (Lipinski definition) is 1. The van der Waals surface area contributed by atoms with E-state index in [0.29, 0.717) is 16.5 Å². The van der Waals surface area contributed by atoms with Gasteiger partial charge in [-0.05, 0) is 25.1 Å². The highest BCUT2D eigenvalue weighted by molar-refractivity contribution is 6.30. The molecule has 2 nitrogen and oxygen atoms in total. The summed E-state index contributed by atoms with van der Waals surface area (Å²) in [4.78, 5) is 3.85. The Labute approximate surface area is 74.9 Å². The van der Waals surface area contributed by atoms with Crippen LogP contribution in [0.15, 0.2) is 23.2 Å². The van der Waals surface area contributed by atoms with Crippen molar-refractivity contribution in [2.75, 3.05) is 0 Å². The molecule has 0 aliphatic heterocycles. The molecule has 4 heteroatoms. The largest absolute Gasteiger partial charge is 0.387 e. The van der Waals surface area contributed by atoms with Gasteiger partial charge in [-0.2, -0.15) is 0 Å². The minimum atomic E-state index is -0.414. The summed E-state index contributed by atoms with van der Waals surface area (Å²) >= 11 is 5.58. The Kier molecular flexibility index (Phi) is 2.65. The zero-order valence-corrected chi connectivity index (χ0v) is 7.27. The molecule has 0 radical (unpaired) electrons. The average Bonchev–Trinajstić information content (AvgIpc) is 1.81. The van der Waals surface area contributed by atoms with Crippen molar-refractivity contribution in [1.29, 1.82) is 0 Å². The van der Waals surface area contributed by atoms with E-state index in [-0.39, 0.29) is 0 Å².